The molecule has 0 radical (unpaired) electrons. The summed E-state index contributed by atoms with van der Waals surface area (Å²) in [7, 11) is 3.72. The molecule has 100 valence electrons. The number of nitrogen functional groups attached to an aromatic ring is 1. The van der Waals surface area contributed by atoms with Crippen LogP contribution in [0.25, 0.3) is 0 Å². The molecule has 0 bridgehead atoms. The van der Waals surface area contributed by atoms with Gasteiger partial charge in [-0.05, 0) is 49.2 Å². The zero-order valence-electron chi connectivity index (χ0n) is 11.9. The fourth-order valence-electron chi connectivity index (χ4n) is 2.28. The van der Waals surface area contributed by atoms with E-state index in [0.717, 1.165) is 33.9 Å². The first kappa shape index (κ1) is 13.3. The average Bonchev–Trinajstić information content (AvgIpc) is 2.40. The van der Waals surface area contributed by atoms with Gasteiger partial charge in [0.15, 0.2) is 0 Å². The number of methoxy groups -OCH3 is 1. The van der Waals surface area contributed by atoms with Gasteiger partial charge < -0.3 is 15.4 Å². The number of para-hydroxylation sites is 2. The molecule has 0 aromatic heterocycles. The maximum Gasteiger partial charge on any atom is 0.122 e. The highest BCUT2D eigenvalue weighted by Gasteiger charge is 2.12. The smallest absolute Gasteiger partial charge is 0.122 e. The van der Waals surface area contributed by atoms with Gasteiger partial charge >= 0.3 is 0 Å². The van der Waals surface area contributed by atoms with Crippen molar-refractivity contribution in [2.75, 3.05) is 24.8 Å². The summed E-state index contributed by atoms with van der Waals surface area (Å²) in [5.41, 5.74) is 11.2. The predicted octanol–water partition coefficient (Wildman–Crippen LogP) is 3.66. The summed E-state index contributed by atoms with van der Waals surface area (Å²) < 4.78 is 5.35. The van der Waals surface area contributed by atoms with E-state index in [1.807, 2.05) is 38.2 Å². The van der Waals surface area contributed by atoms with Gasteiger partial charge in [-0.2, -0.15) is 0 Å². The van der Waals surface area contributed by atoms with Gasteiger partial charge in [-0.1, -0.05) is 12.1 Å². The Morgan fingerprint density at radius 2 is 1.68 bits per heavy atom. The van der Waals surface area contributed by atoms with Gasteiger partial charge in [0.25, 0.3) is 0 Å². The predicted molar refractivity (Wildman–Crippen MR) is 81.4 cm³/mol. The molecular weight excluding hydrogens is 236 g/mol. The minimum absolute atomic E-state index is 0.776. The highest BCUT2D eigenvalue weighted by Crippen LogP contribution is 2.34. The number of benzene rings is 2. The first-order chi connectivity index (χ1) is 9.04. The third-order valence-corrected chi connectivity index (χ3v) is 3.37. The summed E-state index contributed by atoms with van der Waals surface area (Å²) >= 11 is 0. The molecule has 3 nitrogen and oxygen atoms in total. The molecule has 0 saturated heterocycles. The quantitative estimate of drug-likeness (QED) is 0.852. The van der Waals surface area contributed by atoms with E-state index < -0.39 is 0 Å². The summed E-state index contributed by atoms with van der Waals surface area (Å²) in [5.74, 6) is 0.913. The molecule has 0 aliphatic rings. The first-order valence-corrected chi connectivity index (χ1v) is 6.28. The fraction of sp³-hybridized carbons (Fsp3) is 0.250. The van der Waals surface area contributed by atoms with Crippen molar-refractivity contribution in [2.45, 2.75) is 13.8 Å². The molecule has 3 heteroatoms. The summed E-state index contributed by atoms with van der Waals surface area (Å²) in [4.78, 5) is 2.11. The van der Waals surface area contributed by atoms with Crippen molar-refractivity contribution in [1.82, 2.24) is 0 Å². The van der Waals surface area contributed by atoms with E-state index in [0.29, 0.717) is 0 Å². The molecule has 0 spiro atoms. The standard InChI is InChI=1S/C16H20N2O/c1-11-10-16(19-4)12(2)9-15(11)18(3)14-8-6-5-7-13(14)17/h5-10H,17H2,1-4H3. The summed E-state index contributed by atoms with van der Waals surface area (Å²) in [6, 6.07) is 12.1. The van der Waals surface area contributed by atoms with Crippen LogP contribution in [0.15, 0.2) is 36.4 Å². The van der Waals surface area contributed by atoms with Gasteiger partial charge in [-0.3, -0.25) is 0 Å². The maximum atomic E-state index is 6.04. The Hall–Kier alpha value is -2.16. The van der Waals surface area contributed by atoms with E-state index in [1.54, 1.807) is 7.11 Å². The Kier molecular flexibility index (Phi) is 3.65. The zero-order valence-corrected chi connectivity index (χ0v) is 11.9. The topological polar surface area (TPSA) is 38.5 Å². The molecule has 2 aromatic rings. The summed E-state index contributed by atoms with van der Waals surface area (Å²) in [5, 5.41) is 0. The van der Waals surface area contributed by atoms with Crippen molar-refractivity contribution in [3.05, 3.63) is 47.5 Å². The molecular formula is C16H20N2O. The number of nitrogens with zero attached hydrogens (tertiary/aromatic N) is 1. The molecule has 0 heterocycles. The van der Waals surface area contributed by atoms with Crippen molar-refractivity contribution < 1.29 is 4.74 Å². The minimum Gasteiger partial charge on any atom is -0.496 e. The zero-order chi connectivity index (χ0) is 14.0. The van der Waals surface area contributed by atoms with Crippen LogP contribution >= 0.6 is 0 Å². The summed E-state index contributed by atoms with van der Waals surface area (Å²) in [6.45, 7) is 4.12. The number of rotatable bonds is 3. The Morgan fingerprint density at radius 3 is 2.32 bits per heavy atom. The van der Waals surface area contributed by atoms with Crippen molar-refractivity contribution >= 4 is 17.1 Å². The van der Waals surface area contributed by atoms with Crippen LogP contribution in [0.3, 0.4) is 0 Å². The van der Waals surface area contributed by atoms with E-state index >= 15 is 0 Å². The number of aryl methyl sites for hydroxylation is 2. The second kappa shape index (κ2) is 5.22. The Morgan fingerprint density at radius 1 is 1.00 bits per heavy atom. The maximum absolute atomic E-state index is 6.04. The number of ether oxygens (including phenoxy) is 1. The van der Waals surface area contributed by atoms with Gasteiger partial charge in [-0.15, -0.1) is 0 Å². The molecule has 2 N–H and O–H groups in total. The van der Waals surface area contributed by atoms with Gasteiger partial charge in [-0.25, -0.2) is 0 Å². The van der Waals surface area contributed by atoms with E-state index in [4.69, 9.17) is 10.5 Å². The minimum atomic E-state index is 0.776. The Labute approximate surface area is 114 Å². The third kappa shape index (κ3) is 2.50. The highest BCUT2D eigenvalue weighted by molar-refractivity contribution is 5.76. The van der Waals surface area contributed by atoms with Gasteiger partial charge in [0, 0.05) is 12.7 Å². The van der Waals surface area contributed by atoms with Crippen molar-refractivity contribution in [2.24, 2.45) is 0 Å². The fourth-order valence-corrected chi connectivity index (χ4v) is 2.28. The number of hydrogen-bond acceptors (Lipinski definition) is 3. The molecule has 2 rings (SSSR count). The molecule has 0 aliphatic carbocycles. The van der Waals surface area contributed by atoms with Crippen LogP contribution in [0.2, 0.25) is 0 Å². The van der Waals surface area contributed by atoms with Crippen LogP contribution in [0.1, 0.15) is 11.1 Å². The Bertz CT molecular complexity index is 593. The van der Waals surface area contributed by atoms with Crippen molar-refractivity contribution in [3.63, 3.8) is 0 Å². The Balaban J connectivity index is 2.48. The van der Waals surface area contributed by atoms with E-state index in [9.17, 15) is 0 Å². The van der Waals surface area contributed by atoms with Crippen LogP contribution in [0.5, 0.6) is 5.75 Å². The van der Waals surface area contributed by atoms with Crippen LogP contribution in [-0.2, 0) is 0 Å². The van der Waals surface area contributed by atoms with Gasteiger partial charge in [0.2, 0.25) is 0 Å². The lowest BCUT2D eigenvalue weighted by Gasteiger charge is -2.24. The third-order valence-electron chi connectivity index (χ3n) is 3.37. The first-order valence-electron chi connectivity index (χ1n) is 6.28. The van der Waals surface area contributed by atoms with Crippen LogP contribution in [-0.4, -0.2) is 14.2 Å². The van der Waals surface area contributed by atoms with E-state index in [-0.39, 0.29) is 0 Å². The number of hydrogen-bond donors (Lipinski definition) is 1. The lowest BCUT2D eigenvalue weighted by Crippen LogP contribution is -2.13. The van der Waals surface area contributed by atoms with Gasteiger partial charge in [0.05, 0.1) is 18.5 Å². The van der Waals surface area contributed by atoms with Gasteiger partial charge in [0.1, 0.15) is 5.75 Å². The lowest BCUT2D eigenvalue weighted by molar-refractivity contribution is 0.411. The van der Waals surface area contributed by atoms with E-state index in [1.165, 1.54) is 0 Å². The molecule has 19 heavy (non-hydrogen) atoms. The largest absolute Gasteiger partial charge is 0.496 e. The molecule has 0 amide bonds. The van der Waals surface area contributed by atoms with Crippen LogP contribution < -0.4 is 15.4 Å². The van der Waals surface area contributed by atoms with E-state index in [2.05, 4.69) is 24.0 Å². The average molecular weight is 256 g/mol. The van der Waals surface area contributed by atoms with Crippen molar-refractivity contribution in [1.29, 1.82) is 0 Å². The number of nitrogens with two attached hydrogens (primary N) is 1. The number of anilines is 3. The molecule has 0 aliphatic heterocycles. The molecule has 0 unspecified atom stereocenters. The normalized spacial score (nSPS) is 10.3. The molecule has 2 aromatic carbocycles. The SMILES string of the molecule is COc1cc(C)c(N(C)c2ccccc2N)cc1C. The summed E-state index contributed by atoms with van der Waals surface area (Å²) in [6.07, 6.45) is 0. The van der Waals surface area contributed by atoms with Crippen molar-refractivity contribution in [3.8, 4) is 5.75 Å². The second-order valence-corrected chi connectivity index (χ2v) is 4.73. The second-order valence-electron chi connectivity index (χ2n) is 4.73. The monoisotopic (exact) mass is 256 g/mol. The van der Waals surface area contributed by atoms with Crippen LogP contribution in [0, 0.1) is 13.8 Å². The lowest BCUT2D eigenvalue weighted by atomic mass is 10.1. The molecule has 0 atom stereocenters. The highest BCUT2D eigenvalue weighted by atomic mass is 16.5. The van der Waals surface area contributed by atoms with Crippen LogP contribution in [0.4, 0.5) is 17.1 Å². The molecule has 0 saturated carbocycles. The molecule has 0 fully saturated rings.